The predicted molar refractivity (Wildman–Crippen MR) is 250 cm³/mol. The number of piperazine rings is 1. The number of methoxy groups -OCH3 is 1. The summed E-state index contributed by atoms with van der Waals surface area (Å²) < 4.78 is 62.9. The average molecular weight is 925 g/mol. The molecule has 3 atom stereocenters. The first kappa shape index (κ1) is 49.3. The number of alkyl carbamates (subject to hydrolysis) is 1. The molecule has 1 saturated carbocycles. The number of benzene rings is 1. The van der Waals surface area contributed by atoms with E-state index in [0.717, 1.165) is 66.2 Å². The zero-order valence-electron chi connectivity index (χ0n) is 40.4. The number of hydrazine groups is 1. The monoisotopic (exact) mass is 925 g/mol. The van der Waals surface area contributed by atoms with Gasteiger partial charge in [-0.25, -0.2) is 10.2 Å². The van der Waals surface area contributed by atoms with Crippen molar-refractivity contribution in [2.24, 2.45) is 5.41 Å². The van der Waals surface area contributed by atoms with Crippen LogP contribution in [-0.2, 0) is 36.8 Å². The van der Waals surface area contributed by atoms with E-state index in [-0.39, 0.29) is 17.8 Å². The molecule has 364 valence electrons. The van der Waals surface area contributed by atoms with Gasteiger partial charge in [0.05, 0.1) is 43.1 Å². The number of rotatable bonds is 14. The van der Waals surface area contributed by atoms with Crippen LogP contribution in [0.4, 0.5) is 29.3 Å². The van der Waals surface area contributed by atoms with Crippen molar-refractivity contribution in [2.45, 2.75) is 149 Å². The maximum atomic E-state index is 14.9. The quantitative estimate of drug-likeness (QED) is 0.154. The van der Waals surface area contributed by atoms with E-state index in [4.69, 9.17) is 19.2 Å². The van der Waals surface area contributed by atoms with E-state index in [2.05, 4.69) is 52.3 Å². The van der Waals surface area contributed by atoms with Crippen LogP contribution in [0.25, 0.3) is 22.2 Å². The third-order valence-electron chi connectivity index (χ3n) is 13.5. The molecule has 7 rings (SSSR count). The van der Waals surface area contributed by atoms with Crippen molar-refractivity contribution in [3.8, 4) is 11.3 Å². The van der Waals surface area contributed by atoms with Crippen molar-refractivity contribution in [3.05, 3.63) is 41.7 Å². The van der Waals surface area contributed by atoms with Gasteiger partial charge in [-0.15, -0.1) is 0 Å². The van der Waals surface area contributed by atoms with Crippen LogP contribution >= 0.6 is 0 Å². The summed E-state index contributed by atoms with van der Waals surface area (Å²) in [6.07, 6.45) is 1.09. The number of nitrogens with zero attached hydrogens (tertiary/aromatic N) is 6. The van der Waals surface area contributed by atoms with Crippen molar-refractivity contribution in [1.29, 1.82) is 0 Å². The minimum absolute atomic E-state index is 0.0496. The lowest BCUT2D eigenvalue weighted by atomic mass is 9.81. The van der Waals surface area contributed by atoms with Gasteiger partial charge in [-0.2, -0.15) is 13.2 Å². The molecule has 0 spiro atoms. The minimum atomic E-state index is -4.50. The zero-order chi connectivity index (χ0) is 47.7. The zero-order valence-corrected chi connectivity index (χ0v) is 40.4. The average Bonchev–Trinajstić information content (AvgIpc) is 4.09. The summed E-state index contributed by atoms with van der Waals surface area (Å²) >= 11 is 0. The number of fused-ring (bicyclic) bond motifs is 1. The molecule has 0 radical (unpaired) electrons. The number of esters is 1. The molecule has 3 saturated heterocycles. The standard InChI is InChI=1S/C49H71F3N8O6/c1-10-48(7,8)27-38-36-24-33(58-22-23-65-35(29-58)26-40(54-46(63)66-47(4,5)6)44(61)60-17-11-12-39(55-60)45(62)64-9)15-16-41(36)59(30-49(50,51)52)43(38)37-25-34(28-53-42(37)31(2)3)57-20-18-56(19-21-57)32-13-14-32/h15-16,24-25,28,31-32,35,39-40,55H,10-14,17-23,26-27,29-30H2,1-9H3,(H,54,63)/t35-,39-,40-/m0/s1. The number of halogens is 3. The number of amides is 2. The molecule has 4 aliphatic rings. The van der Waals surface area contributed by atoms with Crippen LogP contribution in [0, 0.1) is 5.41 Å². The minimum Gasteiger partial charge on any atom is -0.468 e. The second-order valence-electron chi connectivity index (χ2n) is 20.7. The largest absolute Gasteiger partial charge is 0.468 e. The first-order chi connectivity index (χ1) is 31.1. The molecule has 2 amide bonds. The van der Waals surface area contributed by atoms with Crippen molar-refractivity contribution in [1.82, 2.24) is 30.2 Å². The summed E-state index contributed by atoms with van der Waals surface area (Å²) in [5.41, 5.74) is 7.07. The maximum Gasteiger partial charge on any atom is 0.408 e. The molecule has 14 nitrogen and oxygen atoms in total. The lowest BCUT2D eigenvalue weighted by Gasteiger charge is -2.38. The highest BCUT2D eigenvalue weighted by atomic mass is 19.4. The Morgan fingerprint density at radius 2 is 1.68 bits per heavy atom. The summed E-state index contributed by atoms with van der Waals surface area (Å²) in [5, 5.41) is 4.88. The summed E-state index contributed by atoms with van der Waals surface area (Å²) in [6.45, 7) is 19.6. The fourth-order valence-corrected chi connectivity index (χ4v) is 9.59. The molecule has 3 aliphatic heterocycles. The van der Waals surface area contributed by atoms with Gasteiger partial charge < -0.3 is 33.9 Å². The van der Waals surface area contributed by atoms with E-state index in [1.807, 2.05) is 38.2 Å². The Bertz CT molecular complexity index is 2210. The lowest BCUT2D eigenvalue weighted by molar-refractivity contribution is -0.150. The second kappa shape index (κ2) is 19.9. The Morgan fingerprint density at radius 1 is 0.955 bits per heavy atom. The molecule has 4 fully saturated rings. The number of carbonyl (C=O) groups is 3. The molecule has 1 aromatic carbocycles. The van der Waals surface area contributed by atoms with Crippen LogP contribution in [0.1, 0.15) is 111 Å². The summed E-state index contributed by atoms with van der Waals surface area (Å²) in [6, 6.07) is 6.68. The smallest absolute Gasteiger partial charge is 0.408 e. The number of aromatic nitrogens is 2. The number of ether oxygens (including phenoxy) is 3. The van der Waals surface area contributed by atoms with Gasteiger partial charge in [-0.3, -0.25) is 24.5 Å². The van der Waals surface area contributed by atoms with Crippen LogP contribution in [0.3, 0.4) is 0 Å². The first-order valence-electron chi connectivity index (χ1n) is 23.9. The van der Waals surface area contributed by atoms with Crippen LogP contribution < -0.4 is 20.5 Å². The van der Waals surface area contributed by atoms with E-state index in [1.165, 1.54) is 29.5 Å². The number of morpholine rings is 1. The fraction of sp³-hybridized carbons (Fsp3) is 0.673. The molecule has 17 heteroatoms. The maximum absolute atomic E-state index is 14.9. The van der Waals surface area contributed by atoms with Crippen LogP contribution in [0.2, 0.25) is 0 Å². The van der Waals surface area contributed by atoms with Crippen molar-refractivity contribution < 1.29 is 41.8 Å². The Labute approximate surface area is 387 Å². The molecule has 2 N–H and O–H groups in total. The number of hydrogen-bond acceptors (Lipinski definition) is 11. The summed E-state index contributed by atoms with van der Waals surface area (Å²) in [5.74, 6) is -0.984. The summed E-state index contributed by atoms with van der Waals surface area (Å²) in [4.78, 5) is 51.7. The number of pyridine rings is 1. The van der Waals surface area contributed by atoms with Gasteiger partial charge in [-0.05, 0) is 94.0 Å². The van der Waals surface area contributed by atoms with Gasteiger partial charge in [0.2, 0.25) is 0 Å². The topological polar surface area (TPSA) is 134 Å². The molecule has 0 unspecified atom stereocenters. The highest BCUT2D eigenvalue weighted by Gasteiger charge is 2.38. The number of alkyl halides is 3. The molecule has 3 aromatic rings. The Balaban J connectivity index is 1.25. The molecule has 2 aromatic heterocycles. The number of carbonyl (C=O) groups excluding carboxylic acids is 3. The van der Waals surface area contributed by atoms with Gasteiger partial charge in [0.15, 0.2) is 0 Å². The predicted octanol–water partition coefficient (Wildman–Crippen LogP) is 7.81. The van der Waals surface area contributed by atoms with E-state index >= 15 is 0 Å². The van der Waals surface area contributed by atoms with Crippen molar-refractivity contribution in [3.63, 3.8) is 0 Å². The molecule has 5 heterocycles. The Hall–Kier alpha value is -4.61. The molecule has 66 heavy (non-hydrogen) atoms. The van der Waals surface area contributed by atoms with E-state index in [9.17, 15) is 27.6 Å². The normalized spacial score (nSPS) is 20.8. The number of anilines is 2. The van der Waals surface area contributed by atoms with E-state index in [1.54, 1.807) is 20.8 Å². The highest BCUT2D eigenvalue weighted by Crippen LogP contribution is 2.44. The third kappa shape index (κ3) is 11.9. The SMILES string of the molecule is CCC(C)(C)Cc1c(-c2cc(N3CCN(C4CC4)CC3)cnc2C(C)C)n(CC(F)(F)F)c2ccc(N3CCO[C@@H](C[C@H](NC(=O)OC(C)(C)C)C(=O)N4CCC[C@@H](C(=O)OC)N4)C3)cc12. The van der Waals surface area contributed by atoms with Gasteiger partial charge >= 0.3 is 18.2 Å². The molecule has 1 aliphatic carbocycles. The highest BCUT2D eigenvalue weighted by molar-refractivity contribution is 5.95. The van der Waals surface area contributed by atoms with E-state index in [0.29, 0.717) is 62.8 Å². The van der Waals surface area contributed by atoms with Crippen molar-refractivity contribution >= 4 is 40.2 Å². The molecular formula is C49H71F3N8O6. The number of nitrogens with one attached hydrogen (secondary N) is 2. The number of hydrogen-bond donors (Lipinski definition) is 2. The Morgan fingerprint density at radius 3 is 2.32 bits per heavy atom. The second-order valence-corrected chi connectivity index (χ2v) is 20.7. The third-order valence-corrected chi connectivity index (χ3v) is 13.5. The van der Waals surface area contributed by atoms with Crippen LogP contribution in [0.15, 0.2) is 30.5 Å². The van der Waals surface area contributed by atoms with Crippen LogP contribution in [-0.4, -0.2) is 133 Å². The van der Waals surface area contributed by atoms with Gasteiger partial charge in [0.1, 0.15) is 24.2 Å². The van der Waals surface area contributed by atoms with Crippen molar-refractivity contribution in [2.75, 3.05) is 69.3 Å². The van der Waals surface area contributed by atoms with Gasteiger partial charge in [0.25, 0.3) is 5.91 Å². The fourth-order valence-electron chi connectivity index (χ4n) is 9.59. The summed E-state index contributed by atoms with van der Waals surface area (Å²) in [7, 11) is 1.29. The lowest BCUT2D eigenvalue weighted by Crippen LogP contribution is -2.61. The molecule has 0 bridgehead atoms. The van der Waals surface area contributed by atoms with E-state index < -0.39 is 54.5 Å². The van der Waals surface area contributed by atoms with Crippen LogP contribution in [0.5, 0.6) is 0 Å². The first-order valence-corrected chi connectivity index (χ1v) is 23.9. The Kier molecular flexibility index (Phi) is 14.9. The van der Waals surface area contributed by atoms with Gasteiger partial charge in [0, 0.05) is 80.4 Å². The molecular weight excluding hydrogens is 854 g/mol. The van der Waals surface area contributed by atoms with Gasteiger partial charge in [-0.1, -0.05) is 41.0 Å².